The molecule has 1 aromatic carbocycles. The zero-order chi connectivity index (χ0) is 10.6. The average molecular weight is 209 g/mol. The summed E-state index contributed by atoms with van der Waals surface area (Å²) in [5.74, 6) is 0.565. The Morgan fingerprint density at radius 3 is 2.36 bits per heavy atom. The summed E-state index contributed by atoms with van der Waals surface area (Å²) in [5.41, 5.74) is 3.23. The molecule has 0 spiro atoms. The Hall–Kier alpha value is -0.960. The Balaban J connectivity index is 2.71. The van der Waals surface area contributed by atoms with E-state index in [-0.39, 0.29) is 5.91 Å². The molecule has 0 fully saturated rings. The van der Waals surface area contributed by atoms with Crippen LogP contribution in [0.2, 0.25) is 0 Å². The lowest BCUT2D eigenvalue weighted by atomic mass is 10.1. The van der Waals surface area contributed by atoms with Gasteiger partial charge in [0.05, 0.1) is 5.75 Å². The smallest absolute Gasteiger partial charge is 0.234 e. The van der Waals surface area contributed by atoms with Gasteiger partial charge in [0.15, 0.2) is 0 Å². The first kappa shape index (κ1) is 11.1. The second-order valence-corrected chi connectivity index (χ2v) is 4.22. The monoisotopic (exact) mass is 209 g/mol. The fourth-order valence-electron chi connectivity index (χ4n) is 1.38. The molecule has 0 bridgehead atoms. The second-order valence-electron chi connectivity index (χ2n) is 3.36. The second kappa shape index (κ2) is 5.05. The Labute approximate surface area is 89.1 Å². The van der Waals surface area contributed by atoms with Crippen molar-refractivity contribution in [2.24, 2.45) is 0 Å². The maximum atomic E-state index is 11.3. The standard InChI is InChI=1S/C11H15NOS/c1-8-4-9(2)6-10(5-8)12-11(13)7-14-3/h4-6H,7H2,1-3H3,(H,12,13). The first-order chi connectivity index (χ1) is 6.61. The average Bonchev–Trinajstić information content (AvgIpc) is 2.01. The summed E-state index contributed by atoms with van der Waals surface area (Å²) in [6.07, 6.45) is 1.92. The van der Waals surface area contributed by atoms with Crippen LogP contribution in [0.4, 0.5) is 5.69 Å². The summed E-state index contributed by atoms with van der Waals surface area (Å²) in [6.45, 7) is 4.05. The van der Waals surface area contributed by atoms with Crippen molar-refractivity contribution in [1.82, 2.24) is 0 Å². The molecule has 0 aromatic heterocycles. The van der Waals surface area contributed by atoms with Crippen LogP contribution >= 0.6 is 11.8 Å². The largest absolute Gasteiger partial charge is 0.325 e. The molecule has 0 heterocycles. The van der Waals surface area contributed by atoms with Crippen molar-refractivity contribution in [3.05, 3.63) is 29.3 Å². The quantitative estimate of drug-likeness (QED) is 0.829. The molecular formula is C11H15NOS. The molecule has 3 heteroatoms. The highest BCUT2D eigenvalue weighted by atomic mass is 32.2. The van der Waals surface area contributed by atoms with Gasteiger partial charge in [0.25, 0.3) is 0 Å². The highest BCUT2D eigenvalue weighted by Gasteiger charge is 2.01. The van der Waals surface area contributed by atoms with Crippen molar-refractivity contribution >= 4 is 23.4 Å². The lowest BCUT2D eigenvalue weighted by molar-refractivity contribution is -0.113. The van der Waals surface area contributed by atoms with E-state index in [1.54, 1.807) is 0 Å². The molecule has 0 saturated heterocycles. The fraction of sp³-hybridized carbons (Fsp3) is 0.364. The predicted octanol–water partition coefficient (Wildman–Crippen LogP) is 2.60. The Bertz CT molecular complexity index is 316. The number of hydrogen-bond donors (Lipinski definition) is 1. The summed E-state index contributed by atoms with van der Waals surface area (Å²) >= 11 is 1.53. The van der Waals surface area contributed by atoms with Gasteiger partial charge in [-0.2, -0.15) is 11.8 Å². The van der Waals surface area contributed by atoms with Gasteiger partial charge in [0.1, 0.15) is 0 Å². The van der Waals surface area contributed by atoms with Gasteiger partial charge in [-0.3, -0.25) is 4.79 Å². The van der Waals surface area contributed by atoms with E-state index >= 15 is 0 Å². The number of aryl methyl sites for hydroxylation is 2. The zero-order valence-corrected chi connectivity index (χ0v) is 9.57. The van der Waals surface area contributed by atoms with Crippen molar-refractivity contribution in [2.75, 3.05) is 17.3 Å². The maximum absolute atomic E-state index is 11.3. The highest BCUT2D eigenvalue weighted by molar-refractivity contribution is 7.99. The summed E-state index contributed by atoms with van der Waals surface area (Å²) in [6, 6.07) is 6.04. The Morgan fingerprint density at radius 2 is 1.86 bits per heavy atom. The molecule has 0 atom stereocenters. The van der Waals surface area contributed by atoms with Gasteiger partial charge in [-0.15, -0.1) is 0 Å². The van der Waals surface area contributed by atoms with Crippen molar-refractivity contribution in [3.8, 4) is 0 Å². The number of thioether (sulfide) groups is 1. The van der Waals surface area contributed by atoms with Gasteiger partial charge in [0, 0.05) is 5.69 Å². The third-order valence-corrected chi connectivity index (χ3v) is 2.33. The van der Waals surface area contributed by atoms with Crippen molar-refractivity contribution in [1.29, 1.82) is 0 Å². The fourth-order valence-corrected chi connectivity index (χ4v) is 1.71. The first-order valence-corrected chi connectivity index (χ1v) is 5.88. The number of amides is 1. The van der Waals surface area contributed by atoms with E-state index in [1.165, 1.54) is 22.9 Å². The zero-order valence-electron chi connectivity index (χ0n) is 8.76. The van der Waals surface area contributed by atoms with Crippen LogP contribution in [0.15, 0.2) is 18.2 Å². The van der Waals surface area contributed by atoms with E-state index in [1.807, 2.05) is 32.2 Å². The molecule has 0 saturated carbocycles. The molecule has 1 N–H and O–H groups in total. The maximum Gasteiger partial charge on any atom is 0.234 e. The number of carbonyl (C=O) groups is 1. The number of carbonyl (C=O) groups excluding carboxylic acids is 1. The van der Waals surface area contributed by atoms with Crippen molar-refractivity contribution < 1.29 is 4.79 Å². The lowest BCUT2D eigenvalue weighted by Crippen LogP contribution is -2.13. The minimum atomic E-state index is 0.0579. The van der Waals surface area contributed by atoms with Gasteiger partial charge < -0.3 is 5.32 Å². The van der Waals surface area contributed by atoms with Crippen molar-refractivity contribution in [3.63, 3.8) is 0 Å². The molecule has 0 aliphatic heterocycles. The van der Waals surface area contributed by atoms with E-state index in [0.29, 0.717) is 5.75 Å². The molecule has 0 aliphatic carbocycles. The highest BCUT2D eigenvalue weighted by Crippen LogP contribution is 2.13. The van der Waals surface area contributed by atoms with Gasteiger partial charge in [-0.25, -0.2) is 0 Å². The first-order valence-electron chi connectivity index (χ1n) is 4.49. The van der Waals surface area contributed by atoms with E-state index in [4.69, 9.17) is 0 Å². The SMILES string of the molecule is CSCC(=O)Nc1cc(C)cc(C)c1. The van der Waals surface area contributed by atoms with Crippen LogP contribution in [0.1, 0.15) is 11.1 Å². The molecule has 1 rings (SSSR count). The molecule has 0 aliphatic rings. The summed E-state index contributed by atoms with van der Waals surface area (Å²) in [5, 5.41) is 2.86. The van der Waals surface area contributed by atoms with Gasteiger partial charge >= 0.3 is 0 Å². The van der Waals surface area contributed by atoms with E-state index in [2.05, 4.69) is 11.4 Å². The number of anilines is 1. The molecule has 14 heavy (non-hydrogen) atoms. The van der Waals surface area contributed by atoms with E-state index in [9.17, 15) is 4.79 Å². The summed E-state index contributed by atoms with van der Waals surface area (Å²) < 4.78 is 0. The molecule has 1 amide bonds. The minimum absolute atomic E-state index is 0.0579. The van der Waals surface area contributed by atoms with Crippen LogP contribution < -0.4 is 5.32 Å². The summed E-state index contributed by atoms with van der Waals surface area (Å²) in [7, 11) is 0. The molecule has 0 unspecified atom stereocenters. The number of hydrogen-bond acceptors (Lipinski definition) is 2. The van der Waals surface area contributed by atoms with E-state index < -0.39 is 0 Å². The van der Waals surface area contributed by atoms with Crippen LogP contribution in [-0.2, 0) is 4.79 Å². The topological polar surface area (TPSA) is 29.1 Å². The molecule has 76 valence electrons. The van der Waals surface area contributed by atoms with Gasteiger partial charge in [-0.05, 0) is 43.4 Å². The van der Waals surface area contributed by atoms with Crippen LogP contribution in [0.5, 0.6) is 0 Å². The van der Waals surface area contributed by atoms with Crippen LogP contribution in [-0.4, -0.2) is 17.9 Å². The van der Waals surface area contributed by atoms with Crippen LogP contribution in [0.25, 0.3) is 0 Å². The summed E-state index contributed by atoms with van der Waals surface area (Å²) in [4.78, 5) is 11.3. The van der Waals surface area contributed by atoms with Crippen molar-refractivity contribution in [2.45, 2.75) is 13.8 Å². The van der Waals surface area contributed by atoms with E-state index in [0.717, 1.165) is 5.69 Å². The number of benzene rings is 1. The number of nitrogens with one attached hydrogen (secondary N) is 1. The van der Waals surface area contributed by atoms with Gasteiger partial charge in [-0.1, -0.05) is 6.07 Å². The van der Waals surface area contributed by atoms with Gasteiger partial charge in [0.2, 0.25) is 5.91 Å². The molecule has 0 radical (unpaired) electrons. The third-order valence-electron chi connectivity index (χ3n) is 1.78. The lowest BCUT2D eigenvalue weighted by Gasteiger charge is -2.06. The minimum Gasteiger partial charge on any atom is -0.325 e. The van der Waals surface area contributed by atoms with Crippen LogP contribution in [0.3, 0.4) is 0 Å². The predicted molar refractivity (Wildman–Crippen MR) is 62.9 cm³/mol. The molecular weight excluding hydrogens is 194 g/mol. The number of rotatable bonds is 3. The molecule has 1 aromatic rings. The Morgan fingerprint density at radius 1 is 1.29 bits per heavy atom. The van der Waals surface area contributed by atoms with Crippen LogP contribution in [0, 0.1) is 13.8 Å². The Kier molecular flexibility index (Phi) is 4.01. The molecule has 2 nitrogen and oxygen atoms in total. The normalized spacial score (nSPS) is 9.93. The third kappa shape index (κ3) is 3.42.